The Kier molecular flexibility index (Phi) is 4.84. The van der Waals surface area contributed by atoms with Crippen LogP contribution in [-0.2, 0) is 9.53 Å². The maximum atomic E-state index is 11.1. The topological polar surface area (TPSA) is 75.6 Å². The van der Waals surface area contributed by atoms with Crippen molar-refractivity contribution in [2.45, 2.75) is 33.3 Å². The van der Waals surface area contributed by atoms with Gasteiger partial charge in [-0.25, -0.2) is 9.59 Å². The normalized spacial score (nSPS) is 12.1. The third kappa shape index (κ3) is 7.54. The molecule has 0 aliphatic heterocycles. The highest BCUT2D eigenvalue weighted by Crippen LogP contribution is 2.06. The van der Waals surface area contributed by atoms with Gasteiger partial charge in [-0.15, -0.1) is 0 Å². The first-order chi connectivity index (χ1) is 6.72. The molecule has 2 N–H and O–H groups in total. The summed E-state index contributed by atoms with van der Waals surface area (Å²) in [5.74, 6) is -0.999. The number of ether oxygens (including phenoxy) is 1. The van der Waals surface area contributed by atoms with Gasteiger partial charge in [0.05, 0.1) is 0 Å². The highest BCUT2D eigenvalue weighted by Gasteiger charge is 2.15. The molecule has 86 valence electrons. The van der Waals surface area contributed by atoms with Gasteiger partial charge in [-0.3, -0.25) is 0 Å². The fourth-order valence-corrected chi connectivity index (χ4v) is 0.689. The van der Waals surface area contributed by atoms with Crippen LogP contribution >= 0.6 is 0 Å². The summed E-state index contributed by atoms with van der Waals surface area (Å²) in [5.41, 5.74) is -0.360. The second kappa shape index (κ2) is 5.38. The van der Waals surface area contributed by atoms with E-state index in [0.29, 0.717) is 0 Å². The summed E-state index contributed by atoms with van der Waals surface area (Å²) < 4.78 is 4.95. The minimum absolute atomic E-state index is 0.146. The van der Waals surface area contributed by atoms with Crippen molar-refractivity contribution >= 4 is 12.1 Å². The number of carboxylic acids is 1. The van der Waals surface area contributed by atoms with Crippen molar-refractivity contribution in [2.75, 3.05) is 6.54 Å². The summed E-state index contributed by atoms with van der Waals surface area (Å²) in [6.07, 6.45) is 0.851. The van der Waals surface area contributed by atoms with E-state index < -0.39 is 17.7 Å². The Morgan fingerprint density at radius 1 is 1.40 bits per heavy atom. The zero-order chi connectivity index (χ0) is 12.1. The van der Waals surface area contributed by atoms with Crippen LogP contribution in [-0.4, -0.2) is 29.3 Å². The first-order valence-electron chi connectivity index (χ1n) is 4.59. The summed E-state index contributed by atoms with van der Waals surface area (Å²) in [6, 6.07) is 0. The van der Waals surface area contributed by atoms with Crippen molar-refractivity contribution in [3.8, 4) is 0 Å². The van der Waals surface area contributed by atoms with Crippen molar-refractivity contribution in [3.63, 3.8) is 0 Å². The van der Waals surface area contributed by atoms with Crippen LogP contribution in [0.4, 0.5) is 4.79 Å². The molecule has 0 aromatic carbocycles. The number of carbonyl (C=O) groups excluding carboxylic acids is 1. The second-order valence-corrected chi connectivity index (χ2v) is 4.08. The Labute approximate surface area is 89.1 Å². The summed E-state index contributed by atoms with van der Waals surface area (Å²) in [7, 11) is 0. The predicted octanol–water partition coefficient (Wildman–Crippen LogP) is 1.54. The van der Waals surface area contributed by atoms with Gasteiger partial charge in [0.25, 0.3) is 0 Å². The number of amides is 1. The van der Waals surface area contributed by atoms with E-state index in [1.165, 1.54) is 13.0 Å². The average molecular weight is 215 g/mol. The molecule has 0 unspecified atom stereocenters. The third-order valence-corrected chi connectivity index (χ3v) is 1.39. The minimum atomic E-state index is -0.999. The molecule has 0 saturated carbocycles. The van der Waals surface area contributed by atoms with Crippen molar-refractivity contribution < 1.29 is 19.4 Å². The second-order valence-electron chi connectivity index (χ2n) is 4.08. The lowest BCUT2D eigenvalue weighted by atomic mass is 10.2. The highest BCUT2D eigenvalue weighted by atomic mass is 16.6. The Morgan fingerprint density at radius 3 is 2.33 bits per heavy atom. The molecular formula is C10H17NO4. The largest absolute Gasteiger partial charge is 0.478 e. The van der Waals surface area contributed by atoms with Crippen LogP contribution in [0.5, 0.6) is 0 Å². The zero-order valence-electron chi connectivity index (χ0n) is 9.46. The molecule has 0 heterocycles. The van der Waals surface area contributed by atoms with Crippen molar-refractivity contribution in [1.29, 1.82) is 0 Å². The van der Waals surface area contributed by atoms with Gasteiger partial charge in [-0.1, -0.05) is 6.08 Å². The van der Waals surface area contributed by atoms with Gasteiger partial charge in [-0.2, -0.15) is 0 Å². The van der Waals surface area contributed by atoms with Crippen LogP contribution in [0, 0.1) is 0 Å². The van der Waals surface area contributed by atoms with Crippen molar-refractivity contribution in [3.05, 3.63) is 11.6 Å². The van der Waals surface area contributed by atoms with Gasteiger partial charge in [0.15, 0.2) is 0 Å². The number of alkyl carbamates (subject to hydrolysis) is 1. The van der Waals surface area contributed by atoms with Crippen LogP contribution in [0.1, 0.15) is 27.7 Å². The summed E-state index contributed by atoms with van der Waals surface area (Å²) >= 11 is 0. The van der Waals surface area contributed by atoms with Gasteiger partial charge >= 0.3 is 12.1 Å². The van der Waals surface area contributed by atoms with E-state index in [2.05, 4.69) is 5.32 Å². The van der Waals surface area contributed by atoms with Crippen LogP contribution in [0.15, 0.2) is 11.6 Å². The lowest BCUT2D eigenvalue weighted by Gasteiger charge is -2.19. The van der Waals surface area contributed by atoms with E-state index in [0.717, 1.165) is 0 Å². The highest BCUT2D eigenvalue weighted by molar-refractivity contribution is 5.85. The Bertz CT molecular complexity index is 276. The first-order valence-corrected chi connectivity index (χ1v) is 4.59. The number of carbonyl (C=O) groups is 2. The maximum Gasteiger partial charge on any atom is 0.407 e. The minimum Gasteiger partial charge on any atom is -0.478 e. The lowest BCUT2D eigenvalue weighted by molar-refractivity contribution is -0.132. The van der Waals surface area contributed by atoms with Gasteiger partial charge < -0.3 is 15.2 Å². The standard InChI is InChI=1S/C10H17NO4/c1-7(8(12)13)5-6-11-9(14)15-10(2,3)4/h5H,6H2,1-4H3,(H,11,14)(H,12,13). The van der Waals surface area contributed by atoms with E-state index in [4.69, 9.17) is 9.84 Å². The quantitative estimate of drug-likeness (QED) is 0.700. The monoisotopic (exact) mass is 215 g/mol. The van der Waals surface area contributed by atoms with Gasteiger partial charge in [0, 0.05) is 12.1 Å². The molecule has 5 heteroatoms. The number of nitrogens with one attached hydrogen (secondary N) is 1. The van der Waals surface area contributed by atoms with Gasteiger partial charge in [-0.05, 0) is 27.7 Å². The van der Waals surface area contributed by atoms with Crippen LogP contribution in [0.3, 0.4) is 0 Å². The molecule has 0 aliphatic carbocycles. The summed E-state index contributed by atoms with van der Waals surface area (Å²) in [6.45, 7) is 6.87. The van der Waals surface area contributed by atoms with Gasteiger partial charge in [0.2, 0.25) is 0 Å². The van der Waals surface area contributed by atoms with E-state index in [9.17, 15) is 9.59 Å². The van der Waals surface area contributed by atoms with Crippen molar-refractivity contribution in [1.82, 2.24) is 5.32 Å². The Hall–Kier alpha value is -1.52. The molecule has 0 aliphatic rings. The molecule has 0 aromatic rings. The van der Waals surface area contributed by atoms with Crippen LogP contribution in [0.2, 0.25) is 0 Å². The number of carboxylic acid groups (broad SMARTS) is 1. The van der Waals surface area contributed by atoms with Crippen molar-refractivity contribution in [2.24, 2.45) is 0 Å². The number of hydrogen-bond acceptors (Lipinski definition) is 3. The van der Waals surface area contributed by atoms with E-state index in [1.807, 2.05) is 0 Å². The molecule has 0 fully saturated rings. The molecule has 1 amide bonds. The zero-order valence-corrected chi connectivity index (χ0v) is 9.46. The van der Waals surface area contributed by atoms with E-state index >= 15 is 0 Å². The first kappa shape index (κ1) is 13.5. The van der Waals surface area contributed by atoms with Crippen LogP contribution in [0.25, 0.3) is 0 Å². The summed E-state index contributed by atoms with van der Waals surface area (Å²) in [4.78, 5) is 21.5. The molecule has 0 bridgehead atoms. The molecule has 15 heavy (non-hydrogen) atoms. The number of hydrogen-bond donors (Lipinski definition) is 2. The fourth-order valence-electron chi connectivity index (χ4n) is 0.689. The fraction of sp³-hybridized carbons (Fsp3) is 0.600. The molecule has 0 saturated heterocycles. The molecular weight excluding hydrogens is 198 g/mol. The molecule has 0 rings (SSSR count). The molecule has 0 radical (unpaired) electrons. The van der Waals surface area contributed by atoms with Crippen LogP contribution < -0.4 is 5.32 Å². The molecule has 5 nitrogen and oxygen atoms in total. The molecule has 0 atom stereocenters. The molecule has 0 aromatic heterocycles. The maximum absolute atomic E-state index is 11.1. The number of aliphatic carboxylic acids is 1. The Balaban J connectivity index is 3.93. The average Bonchev–Trinajstić information content (AvgIpc) is 2.00. The predicted molar refractivity (Wildman–Crippen MR) is 55.6 cm³/mol. The molecule has 0 spiro atoms. The summed E-state index contributed by atoms with van der Waals surface area (Å²) in [5, 5.41) is 10.9. The lowest BCUT2D eigenvalue weighted by Crippen LogP contribution is -2.32. The van der Waals surface area contributed by atoms with E-state index in [-0.39, 0.29) is 12.1 Å². The van der Waals surface area contributed by atoms with Gasteiger partial charge in [0.1, 0.15) is 5.60 Å². The van der Waals surface area contributed by atoms with E-state index in [1.54, 1.807) is 20.8 Å². The SMILES string of the molecule is CC(=CCNC(=O)OC(C)(C)C)C(=O)O. The third-order valence-electron chi connectivity index (χ3n) is 1.39. The number of rotatable bonds is 3. The smallest absolute Gasteiger partial charge is 0.407 e. The Morgan fingerprint density at radius 2 is 1.93 bits per heavy atom.